The summed E-state index contributed by atoms with van der Waals surface area (Å²) in [6.07, 6.45) is 1.92. The molecule has 0 fully saturated rings. The van der Waals surface area contributed by atoms with Crippen molar-refractivity contribution in [2.45, 2.75) is 44.9 Å². The molecule has 0 radical (unpaired) electrons. The van der Waals surface area contributed by atoms with Gasteiger partial charge in [0, 0.05) is 33.8 Å². The van der Waals surface area contributed by atoms with Crippen molar-refractivity contribution in [2.75, 3.05) is 6.61 Å². The number of rotatable bonds is 5. The third kappa shape index (κ3) is 4.24. The molecule has 2 atom stereocenters. The maximum absolute atomic E-state index is 13.5. The standard InChI is InChI=1S/C26H26BrNO3/c1-3-13-31-26(30)23-16(2)28-21-14-18(17-9-5-4-6-10-17)15-22(29)25(21)24(23)19-11-7-8-12-20(19)27/h4-12,18,24,28H,3,13-15H2,1-2H3/t18-,24+/m0/s1. The SMILES string of the molecule is CCCOC(=O)C1=C(C)NC2=C(C(=O)C[C@@H](c3ccccc3)C2)[C@@H]1c1ccccc1Br. The van der Waals surface area contributed by atoms with Crippen molar-refractivity contribution in [3.05, 3.63) is 92.7 Å². The summed E-state index contributed by atoms with van der Waals surface area (Å²) in [5.74, 6) is -0.601. The molecule has 0 amide bonds. The van der Waals surface area contributed by atoms with E-state index in [0.29, 0.717) is 24.2 Å². The van der Waals surface area contributed by atoms with Gasteiger partial charge in [0.1, 0.15) is 0 Å². The lowest BCUT2D eigenvalue weighted by Crippen LogP contribution is -2.36. The molecule has 4 nitrogen and oxygen atoms in total. The molecule has 1 heterocycles. The zero-order valence-corrected chi connectivity index (χ0v) is 19.4. The van der Waals surface area contributed by atoms with Gasteiger partial charge in [-0.2, -0.15) is 0 Å². The number of esters is 1. The highest BCUT2D eigenvalue weighted by molar-refractivity contribution is 9.10. The van der Waals surface area contributed by atoms with Crippen LogP contribution in [0.4, 0.5) is 0 Å². The van der Waals surface area contributed by atoms with Crippen LogP contribution in [0, 0.1) is 0 Å². The summed E-state index contributed by atoms with van der Waals surface area (Å²) in [7, 11) is 0. The molecule has 0 unspecified atom stereocenters. The van der Waals surface area contributed by atoms with Gasteiger partial charge in [0.15, 0.2) is 5.78 Å². The molecule has 0 saturated heterocycles. The molecule has 2 aromatic rings. The summed E-state index contributed by atoms with van der Waals surface area (Å²) in [6.45, 7) is 4.22. The normalized spacial score (nSPS) is 20.9. The zero-order chi connectivity index (χ0) is 22.0. The van der Waals surface area contributed by atoms with Crippen LogP contribution in [0.1, 0.15) is 56.1 Å². The molecule has 1 aliphatic carbocycles. The van der Waals surface area contributed by atoms with Crippen LogP contribution >= 0.6 is 15.9 Å². The Balaban J connectivity index is 1.80. The van der Waals surface area contributed by atoms with Gasteiger partial charge in [-0.25, -0.2) is 4.79 Å². The number of hydrogen-bond acceptors (Lipinski definition) is 4. The Bertz CT molecular complexity index is 1070. The van der Waals surface area contributed by atoms with E-state index in [1.165, 1.54) is 0 Å². The van der Waals surface area contributed by atoms with E-state index >= 15 is 0 Å². The van der Waals surface area contributed by atoms with E-state index in [1.54, 1.807) is 0 Å². The lowest BCUT2D eigenvalue weighted by molar-refractivity contribution is -0.139. The predicted molar refractivity (Wildman–Crippen MR) is 124 cm³/mol. The third-order valence-electron chi connectivity index (χ3n) is 5.97. The number of benzene rings is 2. The number of hydrogen-bond donors (Lipinski definition) is 1. The van der Waals surface area contributed by atoms with Gasteiger partial charge < -0.3 is 10.1 Å². The van der Waals surface area contributed by atoms with Gasteiger partial charge in [-0.1, -0.05) is 71.4 Å². The quantitative estimate of drug-likeness (QED) is 0.553. The summed E-state index contributed by atoms with van der Waals surface area (Å²) in [6, 6.07) is 18.0. The minimum absolute atomic E-state index is 0.0802. The number of carbonyl (C=O) groups excluding carboxylic acids is 2. The Morgan fingerprint density at radius 3 is 2.52 bits per heavy atom. The molecule has 5 heteroatoms. The Morgan fingerprint density at radius 1 is 1.10 bits per heavy atom. The molecule has 0 bridgehead atoms. The molecule has 4 rings (SSSR count). The fourth-order valence-electron chi connectivity index (χ4n) is 4.56. The minimum atomic E-state index is -0.444. The Morgan fingerprint density at radius 2 is 1.81 bits per heavy atom. The smallest absolute Gasteiger partial charge is 0.336 e. The number of nitrogens with one attached hydrogen (secondary N) is 1. The molecule has 1 aliphatic heterocycles. The van der Waals surface area contributed by atoms with Crippen molar-refractivity contribution >= 4 is 27.7 Å². The first-order chi connectivity index (χ1) is 15.0. The fourth-order valence-corrected chi connectivity index (χ4v) is 5.08. The maximum atomic E-state index is 13.5. The number of carbonyl (C=O) groups is 2. The summed E-state index contributed by atoms with van der Waals surface area (Å²) in [5, 5.41) is 3.40. The van der Waals surface area contributed by atoms with Crippen LogP contribution in [-0.2, 0) is 14.3 Å². The van der Waals surface area contributed by atoms with E-state index in [1.807, 2.05) is 56.3 Å². The summed E-state index contributed by atoms with van der Waals surface area (Å²) >= 11 is 3.64. The predicted octanol–water partition coefficient (Wildman–Crippen LogP) is 5.76. The first-order valence-electron chi connectivity index (χ1n) is 10.7. The van der Waals surface area contributed by atoms with Crippen molar-refractivity contribution in [3.63, 3.8) is 0 Å². The maximum Gasteiger partial charge on any atom is 0.336 e. The molecular formula is C26H26BrNO3. The number of ether oxygens (including phenoxy) is 1. The van der Waals surface area contributed by atoms with Crippen LogP contribution in [-0.4, -0.2) is 18.4 Å². The topological polar surface area (TPSA) is 55.4 Å². The molecular weight excluding hydrogens is 454 g/mol. The molecule has 2 aliphatic rings. The van der Waals surface area contributed by atoms with Gasteiger partial charge in [-0.15, -0.1) is 0 Å². The van der Waals surface area contributed by atoms with Crippen LogP contribution < -0.4 is 5.32 Å². The molecule has 1 N–H and O–H groups in total. The zero-order valence-electron chi connectivity index (χ0n) is 17.8. The minimum Gasteiger partial charge on any atom is -0.462 e. The monoisotopic (exact) mass is 479 g/mol. The average molecular weight is 480 g/mol. The van der Waals surface area contributed by atoms with Gasteiger partial charge in [0.25, 0.3) is 0 Å². The molecule has 0 spiro atoms. The van der Waals surface area contributed by atoms with Crippen LogP contribution in [0.25, 0.3) is 0 Å². The highest BCUT2D eigenvalue weighted by Gasteiger charge is 2.41. The average Bonchev–Trinajstić information content (AvgIpc) is 2.77. The summed E-state index contributed by atoms with van der Waals surface area (Å²) < 4.78 is 6.39. The van der Waals surface area contributed by atoms with Crippen molar-refractivity contribution < 1.29 is 14.3 Å². The van der Waals surface area contributed by atoms with E-state index in [0.717, 1.165) is 39.8 Å². The molecule has 0 aromatic heterocycles. The first-order valence-corrected chi connectivity index (χ1v) is 11.5. The number of allylic oxidation sites excluding steroid dienone is 3. The van der Waals surface area contributed by atoms with E-state index < -0.39 is 5.92 Å². The van der Waals surface area contributed by atoms with Crippen LogP contribution in [0.5, 0.6) is 0 Å². The molecule has 2 aromatic carbocycles. The van der Waals surface area contributed by atoms with E-state index in [4.69, 9.17) is 4.74 Å². The van der Waals surface area contributed by atoms with Gasteiger partial charge >= 0.3 is 5.97 Å². The lowest BCUT2D eigenvalue weighted by Gasteiger charge is -2.37. The van der Waals surface area contributed by atoms with Crippen molar-refractivity contribution in [1.29, 1.82) is 0 Å². The lowest BCUT2D eigenvalue weighted by atomic mass is 9.72. The molecule has 31 heavy (non-hydrogen) atoms. The van der Waals surface area contributed by atoms with E-state index in [9.17, 15) is 9.59 Å². The first kappa shape index (κ1) is 21.6. The van der Waals surface area contributed by atoms with Crippen LogP contribution in [0.2, 0.25) is 0 Å². The number of ketones is 1. The number of halogens is 1. The van der Waals surface area contributed by atoms with Crippen molar-refractivity contribution in [1.82, 2.24) is 5.32 Å². The van der Waals surface area contributed by atoms with Crippen LogP contribution in [0.3, 0.4) is 0 Å². The number of dihydropyridines is 1. The van der Waals surface area contributed by atoms with E-state index in [2.05, 4.69) is 33.4 Å². The Labute approximate surface area is 191 Å². The summed E-state index contributed by atoms with van der Waals surface area (Å²) in [5.41, 5.74) is 4.94. The number of Topliss-reactive ketones (excluding diaryl/α,β-unsaturated/α-hetero) is 1. The van der Waals surface area contributed by atoms with Gasteiger partial charge in [-0.05, 0) is 42.9 Å². The van der Waals surface area contributed by atoms with E-state index in [-0.39, 0.29) is 17.7 Å². The van der Waals surface area contributed by atoms with Gasteiger partial charge in [0.2, 0.25) is 0 Å². The van der Waals surface area contributed by atoms with Crippen LogP contribution in [0.15, 0.2) is 81.6 Å². The Kier molecular flexibility index (Phi) is 6.42. The summed E-state index contributed by atoms with van der Waals surface area (Å²) in [4.78, 5) is 26.6. The molecule has 0 saturated carbocycles. The van der Waals surface area contributed by atoms with Gasteiger partial charge in [0.05, 0.1) is 12.2 Å². The largest absolute Gasteiger partial charge is 0.462 e. The Hall–Kier alpha value is -2.66. The second-order valence-electron chi connectivity index (χ2n) is 8.09. The van der Waals surface area contributed by atoms with Gasteiger partial charge in [-0.3, -0.25) is 4.79 Å². The fraction of sp³-hybridized carbons (Fsp3) is 0.308. The highest BCUT2D eigenvalue weighted by Crippen LogP contribution is 2.47. The van der Waals surface area contributed by atoms with Crippen molar-refractivity contribution in [3.8, 4) is 0 Å². The second kappa shape index (κ2) is 9.23. The van der Waals surface area contributed by atoms with Crippen molar-refractivity contribution in [2.24, 2.45) is 0 Å². The molecule has 160 valence electrons. The second-order valence-corrected chi connectivity index (χ2v) is 8.94. The third-order valence-corrected chi connectivity index (χ3v) is 6.69. The highest BCUT2D eigenvalue weighted by atomic mass is 79.9.